The van der Waals surface area contributed by atoms with Gasteiger partial charge in [-0.25, -0.2) is 0 Å². The summed E-state index contributed by atoms with van der Waals surface area (Å²) < 4.78 is 0. The van der Waals surface area contributed by atoms with E-state index in [0.717, 1.165) is 6.42 Å². The van der Waals surface area contributed by atoms with Crippen LogP contribution in [0.15, 0.2) is 36.0 Å². The highest BCUT2D eigenvalue weighted by Crippen LogP contribution is 2.34. The largest absolute Gasteiger partial charge is 0.313 e. The zero-order valence-electron chi connectivity index (χ0n) is 11.5. The molecule has 100 valence electrons. The van der Waals surface area contributed by atoms with Crippen molar-refractivity contribution in [2.75, 3.05) is 6.61 Å². The smallest absolute Gasteiger partial charge is 0.294 e. The van der Waals surface area contributed by atoms with Crippen LogP contribution in [0.1, 0.15) is 34.1 Å². The van der Waals surface area contributed by atoms with E-state index in [2.05, 4.69) is 31.7 Å². The van der Waals surface area contributed by atoms with E-state index >= 15 is 0 Å². The summed E-state index contributed by atoms with van der Waals surface area (Å²) in [4.78, 5) is 14.7. The van der Waals surface area contributed by atoms with E-state index in [1.807, 2.05) is 31.2 Å². The molecule has 1 aliphatic carbocycles. The molecule has 0 saturated heterocycles. The van der Waals surface area contributed by atoms with Crippen molar-refractivity contribution in [3.63, 3.8) is 0 Å². The topological polar surface area (TPSA) is 52.4 Å². The molecule has 0 amide bonds. The Morgan fingerprint density at radius 2 is 2.11 bits per heavy atom. The summed E-state index contributed by atoms with van der Waals surface area (Å²) in [7, 11) is 0. The predicted octanol–water partition coefficient (Wildman–Crippen LogP) is 3.69. The van der Waals surface area contributed by atoms with E-state index < -0.39 is 10.5 Å². The van der Waals surface area contributed by atoms with Crippen LogP contribution in [-0.2, 0) is 4.84 Å². The van der Waals surface area contributed by atoms with Gasteiger partial charge >= 0.3 is 0 Å². The first kappa shape index (κ1) is 14.5. The Bertz CT molecular complexity index is 407. The van der Waals surface area contributed by atoms with Crippen LogP contribution >= 0.6 is 0 Å². The quantitative estimate of drug-likeness (QED) is 0.553. The maximum absolute atomic E-state index is 10.3. The van der Waals surface area contributed by atoms with Crippen LogP contribution < -0.4 is 0 Å². The van der Waals surface area contributed by atoms with Gasteiger partial charge in [0.1, 0.15) is 6.61 Å². The molecule has 0 bridgehead atoms. The molecular weight excluding hydrogens is 230 g/mol. The van der Waals surface area contributed by atoms with Crippen molar-refractivity contribution in [1.29, 1.82) is 0 Å². The fraction of sp³-hybridized carbons (Fsp3) is 0.571. The maximum atomic E-state index is 10.3. The Balaban J connectivity index is 2.84. The first-order valence-corrected chi connectivity index (χ1v) is 6.16. The summed E-state index contributed by atoms with van der Waals surface area (Å²) in [5, 5.41) is 9.51. The Morgan fingerprint density at radius 3 is 2.67 bits per heavy atom. The fourth-order valence-corrected chi connectivity index (χ4v) is 1.71. The second-order valence-corrected chi connectivity index (χ2v) is 5.55. The lowest BCUT2D eigenvalue weighted by atomic mass is 9.81. The lowest BCUT2D eigenvalue weighted by Gasteiger charge is -2.24. The molecule has 1 aliphatic rings. The molecule has 0 saturated carbocycles. The molecule has 0 radical (unpaired) electrons. The molecule has 1 rings (SSSR count). The van der Waals surface area contributed by atoms with Crippen molar-refractivity contribution < 1.29 is 9.92 Å². The van der Waals surface area contributed by atoms with Crippen LogP contribution in [-0.4, -0.2) is 11.7 Å². The highest BCUT2D eigenvalue weighted by atomic mass is 16.9. The molecule has 4 nitrogen and oxygen atoms in total. The van der Waals surface area contributed by atoms with Gasteiger partial charge in [0.2, 0.25) is 0 Å². The molecule has 0 heterocycles. The lowest BCUT2D eigenvalue weighted by molar-refractivity contribution is -0.759. The van der Waals surface area contributed by atoms with Crippen LogP contribution in [0, 0.1) is 20.9 Å². The Kier molecular flexibility index (Phi) is 4.33. The van der Waals surface area contributed by atoms with E-state index in [4.69, 9.17) is 0 Å². The highest BCUT2D eigenvalue weighted by molar-refractivity contribution is 5.35. The standard InChI is InChI=1S/C14H21NO3/c1-5-13(2,3)12-7-6-9-14(4,10-8-12)11-18-15(16)17/h6-10H,5,11H2,1-4H3. The number of hydrogen-bond donors (Lipinski definition) is 0. The van der Waals surface area contributed by atoms with Crippen molar-refractivity contribution >= 4 is 0 Å². The van der Waals surface area contributed by atoms with Crippen LogP contribution in [0.3, 0.4) is 0 Å². The first-order chi connectivity index (χ1) is 8.29. The third-order valence-electron chi connectivity index (χ3n) is 3.54. The molecule has 0 aromatic carbocycles. The normalized spacial score (nSPS) is 23.4. The fourth-order valence-electron chi connectivity index (χ4n) is 1.71. The minimum absolute atomic E-state index is 0.0423. The summed E-state index contributed by atoms with van der Waals surface area (Å²) in [5.41, 5.74) is 0.900. The van der Waals surface area contributed by atoms with Crippen LogP contribution in [0.25, 0.3) is 0 Å². The Morgan fingerprint density at radius 1 is 1.44 bits per heavy atom. The Labute approximate surface area is 108 Å². The number of hydrogen-bond acceptors (Lipinski definition) is 3. The van der Waals surface area contributed by atoms with Crippen molar-refractivity contribution in [3.05, 3.63) is 46.1 Å². The summed E-state index contributed by atoms with van der Waals surface area (Å²) in [6.07, 6.45) is 11.0. The molecule has 18 heavy (non-hydrogen) atoms. The SMILES string of the molecule is CCC(C)(C)C1=CC=CC(C)(CO[N+](=O)[O-])C=C1. The van der Waals surface area contributed by atoms with E-state index in [1.54, 1.807) is 0 Å². The van der Waals surface area contributed by atoms with E-state index in [0.29, 0.717) is 0 Å². The molecule has 0 N–H and O–H groups in total. The third kappa shape index (κ3) is 3.72. The van der Waals surface area contributed by atoms with Gasteiger partial charge in [-0.05, 0) is 17.4 Å². The predicted molar refractivity (Wildman–Crippen MR) is 71.5 cm³/mol. The van der Waals surface area contributed by atoms with Gasteiger partial charge in [-0.1, -0.05) is 58.1 Å². The number of allylic oxidation sites excluding steroid dienone is 4. The molecule has 1 atom stereocenters. The van der Waals surface area contributed by atoms with Crippen LogP contribution in [0.2, 0.25) is 0 Å². The second kappa shape index (κ2) is 5.38. The maximum Gasteiger partial charge on any atom is 0.294 e. The van der Waals surface area contributed by atoms with Gasteiger partial charge in [0.25, 0.3) is 5.09 Å². The molecule has 0 aromatic rings. The zero-order chi connectivity index (χ0) is 13.8. The molecule has 0 aliphatic heterocycles. The summed E-state index contributed by atoms with van der Waals surface area (Å²) >= 11 is 0. The van der Waals surface area contributed by atoms with Gasteiger partial charge in [-0.15, -0.1) is 10.1 Å². The number of nitrogens with zero attached hydrogens (tertiary/aromatic N) is 1. The molecule has 0 fully saturated rings. The van der Waals surface area contributed by atoms with Gasteiger partial charge in [-0.3, -0.25) is 0 Å². The van der Waals surface area contributed by atoms with E-state index in [9.17, 15) is 10.1 Å². The average molecular weight is 251 g/mol. The highest BCUT2D eigenvalue weighted by Gasteiger charge is 2.24. The van der Waals surface area contributed by atoms with Crippen LogP contribution in [0.5, 0.6) is 0 Å². The van der Waals surface area contributed by atoms with E-state index in [1.165, 1.54) is 5.57 Å². The van der Waals surface area contributed by atoms with Gasteiger partial charge in [-0.2, -0.15) is 0 Å². The van der Waals surface area contributed by atoms with Crippen LogP contribution in [0.4, 0.5) is 0 Å². The van der Waals surface area contributed by atoms with Gasteiger partial charge in [0, 0.05) is 5.41 Å². The van der Waals surface area contributed by atoms with Crippen molar-refractivity contribution in [3.8, 4) is 0 Å². The minimum atomic E-state index is -0.748. The monoisotopic (exact) mass is 251 g/mol. The second-order valence-electron chi connectivity index (χ2n) is 5.55. The lowest BCUT2D eigenvalue weighted by Crippen LogP contribution is -2.20. The van der Waals surface area contributed by atoms with Crippen molar-refractivity contribution in [2.45, 2.75) is 34.1 Å². The zero-order valence-corrected chi connectivity index (χ0v) is 11.5. The van der Waals surface area contributed by atoms with Gasteiger partial charge in [0.05, 0.1) is 0 Å². The molecule has 0 aromatic heterocycles. The minimum Gasteiger partial charge on any atom is -0.313 e. The van der Waals surface area contributed by atoms with E-state index in [-0.39, 0.29) is 12.0 Å². The summed E-state index contributed by atoms with van der Waals surface area (Å²) in [6.45, 7) is 8.48. The summed E-state index contributed by atoms with van der Waals surface area (Å²) in [6, 6.07) is 0. The molecule has 0 spiro atoms. The average Bonchev–Trinajstić information content (AvgIpc) is 2.50. The Hall–Kier alpha value is -1.58. The van der Waals surface area contributed by atoms with Gasteiger partial charge in [0.15, 0.2) is 0 Å². The molecular formula is C14H21NO3. The van der Waals surface area contributed by atoms with Gasteiger partial charge < -0.3 is 4.84 Å². The molecule has 4 heteroatoms. The first-order valence-electron chi connectivity index (χ1n) is 6.16. The third-order valence-corrected chi connectivity index (χ3v) is 3.54. The summed E-state index contributed by atoms with van der Waals surface area (Å²) in [5.74, 6) is 0. The molecule has 1 unspecified atom stereocenters. The van der Waals surface area contributed by atoms with Crippen molar-refractivity contribution in [2.24, 2.45) is 10.8 Å². The van der Waals surface area contributed by atoms with Crippen molar-refractivity contribution in [1.82, 2.24) is 0 Å². The number of rotatable bonds is 5.